The van der Waals surface area contributed by atoms with Crippen molar-refractivity contribution in [3.63, 3.8) is 0 Å². The molecule has 0 unspecified atom stereocenters. The molecule has 0 atom stereocenters. The highest BCUT2D eigenvalue weighted by molar-refractivity contribution is 7.90. The second-order valence-corrected chi connectivity index (χ2v) is 5.83. The average molecular weight is 273 g/mol. The lowest BCUT2D eigenvalue weighted by Crippen LogP contribution is -2.10. The van der Waals surface area contributed by atoms with E-state index in [-0.39, 0.29) is 16.5 Å². The monoisotopic (exact) mass is 273 g/mol. The molecule has 0 amide bonds. The van der Waals surface area contributed by atoms with Crippen molar-refractivity contribution in [2.45, 2.75) is 10.8 Å². The van der Waals surface area contributed by atoms with Crippen LogP contribution < -0.4 is 5.73 Å². The van der Waals surface area contributed by atoms with E-state index in [0.717, 1.165) is 0 Å². The lowest BCUT2D eigenvalue weighted by Gasteiger charge is -2.07. The van der Waals surface area contributed by atoms with Crippen LogP contribution in [0.3, 0.4) is 0 Å². The molecule has 1 heterocycles. The van der Waals surface area contributed by atoms with Gasteiger partial charge in [0.2, 0.25) is 9.84 Å². The summed E-state index contributed by atoms with van der Waals surface area (Å²) in [4.78, 5) is 3.81. The zero-order valence-corrected chi connectivity index (χ0v) is 10.8. The van der Waals surface area contributed by atoms with E-state index in [1.54, 1.807) is 30.3 Å². The lowest BCUT2D eigenvalue weighted by atomic mass is 10.1. The standard InChI is InChI=1S/C13H11N3O2S/c14-8-10-4-1-2-5-11(10)9-19(17,18)13-12(15)6-3-7-16-13/h1-7H,9,15H2. The fraction of sp³-hybridized carbons (Fsp3) is 0.0769. The molecule has 0 saturated heterocycles. The Morgan fingerprint density at radius 3 is 2.63 bits per heavy atom. The van der Waals surface area contributed by atoms with Gasteiger partial charge in [-0.15, -0.1) is 0 Å². The van der Waals surface area contributed by atoms with Gasteiger partial charge >= 0.3 is 0 Å². The van der Waals surface area contributed by atoms with Crippen LogP contribution in [0.15, 0.2) is 47.6 Å². The fourth-order valence-corrected chi connectivity index (χ4v) is 3.14. The predicted octanol–water partition coefficient (Wildman–Crippen LogP) is 1.51. The van der Waals surface area contributed by atoms with Gasteiger partial charge in [0.05, 0.1) is 23.1 Å². The highest BCUT2D eigenvalue weighted by atomic mass is 32.2. The topological polar surface area (TPSA) is 96.8 Å². The zero-order valence-electron chi connectivity index (χ0n) is 9.95. The summed E-state index contributed by atoms with van der Waals surface area (Å²) >= 11 is 0. The number of hydrogen-bond donors (Lipinski definition) is 1. The molecular weight excluding hydrogens is 262 g/mol. The smallest absolute Gasteiger partial charge is 0.201 e. The van der Waals surface area contributed by atoms with E-state index >= 15 is 0 Å². The number of pyridine rings is 1. The summed E-state index contributed by atoms with van der Waals surface area (Å²) in [7, 11) is -3.66. The molecular formula is C13H11N3O2S. The molecule has 0 aliphatic heterocycles. The number of nitrogens with two attached hydrogens (primary N) is 1. The first-order chi connectivity index (χ1) is 9.04. The Hall–Kier alpha value is -2.39. The Labute approximate surface area is 111 Å². The van der Waals surface area contributed by atoms with E-state index in [1.807, 2.05) is 6.07 Å². The molecule has 2 N–H and O–H groups in total. The van der Waals surface area contributed by atoms with Crippen molar-refractivity contribution in [3.05, 3.63) is 53.7 Å². The van der Waals surface area contributed by atoms with E-state index < -0.39 is 9.84 Å². The van der Waals surface area contributed by atoms with Crippen LogP contribution >= 0.6 is 0 Å². The Morgan fingerprint density at radius 2 is 1.95 bits per heavy atom. The number of aromatic nitrogens is 1. The first-order valence-corrected chi connectivity index (χ1v) is 7.11. The van der Waals surface area contributed by atoms with Crippen LogP contribution in [0.4, 0.5) is 5.69 Å². The van der Waals surface area contributed by atoms with E-state index in [1.165, 1.54) is 12.3 Å². The maximum Gasteiger partial charge on any atom is 0.201 e. The third kappa shape index (κ3) is 2.72. The van der Waals surface area contributed by atoms with E-state index in [0.29, 0.717) is 11.1 Å². The summed E-state index contributed by atoms with van der Waals surface area (Å²) in [6.07, 6.45) is 1.37. The number of benzene rings is 1. The number of hydrogen-bond acceptors (Lipinski definition) is 5. The Kier molecular flexibility index (Phi) is 3.49. The van der Waals surface area contributed by atoms with Gasteiger partial charge in [-0.25, -0.2) is 13.4 Å². The van der Waals surface area contributed by atoms with Gasteiger partial charge in [0.1, 0.15) is 0 Å². The van der Waals surface area contributed by atoms with Crippen molar-refractivity contribution in [3.8, 4) is 6.07 Å². The molecule has 0 spiro atoms. The number of rotatable bonds is 3. The van der Waals surface area contributed by atoms with Crippen molar-refractivity contribution < 1.29 is 8.42 Å². The molecule has 96 valence electrons. The van der Waals surface area contributed by atoms with Gasteiger partial charge in [0.25, 0.3) is 0 Å². The van der Waals surface area contributed by atoms with Crippen LogP contribution in [-0.4, -0.2) is 13.4 Å². The molecule has 1 aromatic heterocycles. The summed E-state index contributed by atoms with van der Waals surface area (Å²) < 4.78 is 24.5. The molecule has 19 heavy (non-hydrogen) atoms. The van der Waals surface area contributed by atoms with Gasteiger partial charge in [-0.3, -0.25) is 0 Å². The number of nitrogen functional groups attached to an aromatic ring is 1. The van der Waals surface area contributed by atoms with Crippen molar-refractivity contribution >= 4 is 15.5 Å². The van der Waals surface area contributed by atoms with Crippen LogP contribution in [-0.2, 0) is 15.6 Å². The molecule has 0 aliphatic rings. The molecule has 1 aromatic carbocycles. The van der Waals surface area contributed by atoms with Crippen molar-refractivity contribution in [2.75, 3.05) is 5.73 Å². The summed E-state index contributed by atoms with van der Waals surface area (Å²) in [5, 5.41) is 8.81. The van der Waals surface area contributed by atoms with Crippen molar-refractivity contribution in [2.24, 2.45) is 0 Å². The van der Waals surface area contributed by atoms with Gasteiger partial charge in [0.15, 0.2) is 5.03 Å². The molecule has 0 radical (unpaired) electrons. The fourth-order valence-electron chi connectivity index (χ4n) is 1.69. The van der Waals surface area contributed by atoms with Gasteiger partial charge in [0, 0.05) is 6.20 Å². The van der Waals surface area contributed by atoms with E-state index in [9.17, 15) is 8.42 Å². The minimum Gasteiger partial charge on any atom is -0.396 e. The summed E-state index contributed by atoms with van der Waals surface area (Å²) in [6.45, 7) is 0. The van der Waals surface area contributed by atoms with Crippen molar-refractivity contribution in [1.82, 2.24) is 4.98 Å². The van der Waals surface area contributed by atoms with Gasteiger partial charge in [-0.2, -0.15) is 5.26 Å². The van der Waals surface area contributed by atoms with Gasteiger partial charge in [-0.05, 0) is 23.8 Å². The lowest BCUT2D eigenvalue weighted by molar-refractivity contribution is 0.592. The Balaban J connectivity index is 2.44. The minimum atomic E-state index is -3.66. The zero-order chi connectivity index (χ0) is 13.9. The number of nitriles is 1. The molecule has 0 saturated carbocycles. The SMILES string of the molecule is N#Cc1ccccc1CS(=O)(=O)c1ncccc1N. The molecule has 6 heteroatoms. The average Bonchev–Trinajstić information content (AvgIpc) is 2.39. The quantitative estimate of drug-likeness (QED) is 0.914. The largest absolute Gasteiger partial charge is 0.396 e. The van der Waals surface area contributed by atoms with Crippen LogP contribution in [0.2, 0.25) is 0 Å². The first kappa shape index (κ1) is 13.1. The number of sulfone groups is 1. The predicted molar refractivity (Wildman–Crippen MR) is 70.7 cm³/mol. The summed E-state index contributed by atoms with van der Waals surface area (Å²) in [5.41, 5.74) is 6.51. The molecule has 2 rings (SSSR count). The third-order valence-electron chi connectivity index (χ3n) is 2.58. The van der Waals surface area contributed by atoms with E-state index in [4.69, 9.17) is 11.0 Å². The highest BCUT2D eigenvalue weighted by Crippen LogP contribution is 2.21. The summed E-state index contributed by atoms with van der Waals surface area (Å²) in [5.74, 6) is -0.294. The first-order valence-electron chi connectivity index (χ1n) is 5.46. The summed E-state index contributed by atoms with van der Waals surface area (Å²) in [6, 6.07) is 11.6. The number of nitrogens with zero attached hydrogens (tertiary/aromatic N) is 2. The molecule has 2 aromatic rings. The molecule has 0 fully saturated rings. The maximum absolute atomic E-state index is 12.2. The molecule has 0 aliphatic carbocycles. The second kappa shape index (κ2) is 5.08. The van der Waals surface area contributed by atoms with Gasteiger partial charge in [-0.1, -0.05) is 18.2 Å². The third-order valence-corrected chi connectivity index (χ3v) is 4.20. The molecule has 5 nitrogen and oxygen atoms in total. The van der Waals surface area contributed by atoms with Crippen LogP contribution in [0.1, 0.15) is 11.1 Å². The normalized spacial score (nSPS) is 10.9. The van der Waals surface area contributed by atoms with Crippen LogP contribution in [0.5, 0.6) is 0 Å². The second-order valence-electron chi connectivity index (χ2n) is 3.93. The minimum absolute atomic E-state index is 0.108. The van der Waals surface area contributed by atoms with E-state index in [2.05, 4.69) is 4.98 Å². The maximum atomic E-state index is 12.2. The highest BCUT2D eigenvalue weighted by Gasteiger charge is 2.21. The Bertz CT molecular complexity index is 748. The Morgan fingerprint density at radius 1 is 1.21 bits per heavy atom. The van der Waals surface area contributed by atoms with Gasteiger partial charge < -0.3 is 5.73 Å². The molecule has 0 bridgehead atoms. The van der Waals surface area contributed by atoms with Crippen molar-refractivity contribution in [1.29, 1.82) is 5.26 Å². The van der Waals surface area contributed by atoms with Crippen LogP contribution in [0, 0.1) is 11.3 Å². The van der Waals surface area contributed by atoms with Crippen LogP contribution in [0.25, 0.3) is 0 Å². The number of anilines is 1.